The zero-order chi connectivity index (χ0) is 21.4. The number of rotatable bonds is 6. The van der Waals surface area contributed by atoms with Gasteiger partial charge >= 0.3 is 0 Å². The van der Waals surface area contributed by atoms with Crippen LogP contribution in [-0.4, -0.2) is 30.8 Å². The van der Waals surface area contributed by atoms with Crippen LogP contribution in [0.3, 0.4) is 0 Å². The Kier molecular flexibility index (Phi) is 5.83. The van der Waals surface area contributed by atoms with E-state index in [4.69, 9.17) is 0 Å². The molecule has 2 aromatic rings. The molecule has 1 N–H and O–H groups in total. The summed E-state index contributed by atoms with van der Waals surface area (Å²) in [6, 6.07) is 10.8. The predicted octanol–water partition coefficient (Wildman–Crippen LogP) is 4.02. The van der Waals surface area contributed by atoms with Crippen molar-refractivity contribution in [1.29, 1.82) is 0 Å². The highest BCUT2D eigenvalue weighted by molar-refractivity contribution is 7.89. The largest absolute Gasteiger partial charge is 0.331 e. The van der Waals surface area contributed by atoms with Crippen LogP contribution in [0.4, 0.5) is 4.39 Å². The molecule has 3 rings (SSSR count). The van der Waals surface area contributed by atoms with E-state index in [2.05, 4.69) is 4.72 Å². The Hall–Kier alpha value is -2.25. The van der Waals surface area contributed by atoms with E-state index >= 15 is 0 Å². The molecule has 7 heteroatoms. The zero-order valence-electron chi connectivity index (χ0n) is 17.2. The Balaban J connectivity index is 1.91. The van der Waals surface area contributed by atoms with Crippen molar-refractivity contribution in [1.82, 2.24) is 9.62 Å². The van der Waals surface area contributed by atoms with E-state index in [1.54, 1.807) is 50.8 Å². The summed E-state index contributed by atoms with van der Waals surface area (Å²) in [6.45, 7) is 7.46. The summed E-state index contributed by atoms with van der Waals surface area (Å²) < 4.78 is 41.2. The Labute approximate surface area is 172 Å². The first-order chi connectivity index (χ1) is 13.5. The van der Waals surface area contributed by atoms with Crippen LogP contribution in [0.1, 0.15) is 55.1 Å². The normalized spacial score (nSPS) is 14.7. The number of halogens is 1. The molecule has 0 aliphatic heterocycles. The maximum atomic E-state index is 13.3. The van der Waals surface area contributed by atoms with E-state index in [0.29, 0.717) is 12.1 Å². The van der Waals surface area contributed by atoms with Crippen molar-refractivity contribution in [2.45, 2.75) is 63.6 Å². The summed E-state index contributed by atoms with van der Waals surface area (Å²) in [5.74, 6) is -0.528. The SMILES string of the molecule is Cc1ccc(S(=O)(=O)NC(C)(C)C)cc1C(=O)N(Cc1ccc(F)cc1)C1CC1. The van der Waals surface area contributed by atoms with Crippen LogP contribution in [0.15, 0.2) is 47.4 Å². The highest BCUT2D eigenvalue weighted by Gasteiger charge is 2.34. The summed E-state index contributed by atoms with van der Waals surface area (Å²) in [6.07, 6.45) is 1.82. The summed E-state index contributed by atoms with van der Waals surface area (Å²) >= 11 is 0. The van der Waals surface area contributed by atoms with Gasteiger partial charge in [0.25, 0.3) is 5.91 Å². The van der Waals surface area contributed by atoms with Gasteiger partial charge < -0.3 is 4.90 Å². The van der Waals surface area contributed by atoms with Crippen molar-refractivity contribution < 1.29 is 17.6 Å². The van der Waals surface area contributed by atoms with Crippen molar-refractivity contribution in [2.75, 3.05) is 0 Å². The maximum absolute atomic E-state index is 13.3. The van der Waals surface area contributed by atoms with Crippen molar-refractivity contribution in [2.24, 2.45) is 0 Å². The molecule has 0 bridgehead atoms. The molecule has 0 atom stereocenters. The van der Waals surface area contributed by atoms with Crippen molar-refractivity contribution in [3.8, 4) is 0 Å². The van der Waals surface area contributed by atoms with Crippen LogP contribution >= 0.6 is 0 Å². The van der Waals surface area contributed by atoms with Gasteiger partial charge in [-0.05, 0) is 75.9 Å². The van der Waals surface area contributed by atoms with Gasteiger partial charge in [-0.3, -0.25) is 4.79 Å². The van der Waals surface area contributed by atoms with Crippen LogP contribution in [0, 0.1) is 12.7 Å². The van der Waals surface area contributed by atoms with Crippen molar-refractivity contribution in [3.05, 3.63) is 65.0 Å². The number of amides is 1. The molecule has 0 saturated heterocycles. The first-order valence-electron chi connectivity index (χ1n) is 9.66. The van der Waals surface area contributed by atoms with Gasteiger partial charge in [-0.25, -0.2) is 17.5 Å². The average molecular weight is 419 g/mol. The fraction of sp³-hybridized carbons (Fsp3) is 0.409. The molecular weight excluding hydrogens is 391 g/mol. The van der Waals surface area contributed by atoms with Gasteiger partial charge in [0.2, 0.25) is 10.0 Å². The Morgan fingerprint density at radius 3 is 2.31 bits per heavy atom. The van der Waals surface area contributed by atoms with Gasteiger partial charge in [0, 0.05) is 23.7 Å². The van der Waals surface area contributed by atoms with E-state index in [1.165, 1.54) is 24.3 Å². The third-order valence-corrected chi connectivity index (χ3v) is 6.46. The lowest BCUT2D eigenvalue weighted by atomic mass is 10.1. The van der Waals surface area contributed by atoms with Gasteiger partial charge in [-0.15, -0.1) is 0 Å². The fourth-order valence-corrected chi connectivity index (χ4v) is 4.60. The third-order valence-electron chi connectivity index (χ3n) is 4.70. The number of hydrogen-bond donors (Lipinski definition) is 1. The number of carbonyl (C=O) groups excluding carboxylic acids is 1. The number of nitrogens with zero attached hydrogens (tertiary/aromatic N) is 1. The molecule has 1 aliphatic carbocycles. The van der Waals surface area contributed by atoms with E-state index in [1.807, 2.05) is 0 Å². The van der Waals surface area contributed by atoms with Crippen molar-refractivity contribution >= 4 is 15.9 Å². The molecule has 2 aromatic carbocycles. The lowest BCUT2D eigenvalue weighted by Crippen LogP contribution is -2.40. The molecule has 156 valence electrons. The molecule has 0 unspecified atom stereocenters. The topological polar surface area (TPSA) is 66.5 Å². The molecule has 0 aromatic heterocycles. The third kappa shape index (κ3) is 5.42. The molecule has 5 nitrogen and oxygen atoms in total. The monoisotopic (exact) mass is 418 g/mol. The predicted molar refractivity (Wildman–Crippen MR) is 111 cm³/mol. The van der Waals surface area contributed by atoms with E-state index in [0.717, 1.165) is 24.0 Å². The van der Waals surface area contributed by atoms with E-state index in [9.17, 15) is 17.6 Å². The van der Waals surface area contributed by atoms with Crippen LogP contribution in [0.2, 0.25) is 0 Å². The molecule has 0 heterocycles. The molecule has 29 heavy (non-hydrogen) atoms. The number of sulfonamides is 1. The summed E-state index contributed by atoms with van der Waals surface area (Å²) in [5, 5.41) is 0. The van der Waals surface area contributed by atoms with Gasteiger partial charge in [0.1, 0.15) is 5.82 Å². The molecule has 0 radical (unpaired) electrons. The van der Waals surface area contributed by atoms with Crippen LogP contribution in [0.25, 0.3) is 0 Å². The lowest BCUT2D eigenvalue weighted by molar-refractivity contribution is 0.0729. The minimum atomic E-state index is -3.75. The second-order valence-electron chi connectivity index (χ2n) is 8.62. The number of benzene rings is 2. The first kappa shape index (κ1) is 21.5. The second-order valence-corrected chi connectivity index (χ2v) is 10.3. The van der Waals surface area contributed by atoms with Gasteiger partial charge in [-0.2, -0.15) is 0 Å². The van der Waals surface area contributed by atoms with Crippen LogP contribution < -0.4 is 4.72 Å². The minimum absolute atomic E-state index is 0.0684. The molecular formula is C22H27FN2O3S. The van der Waals surface area contributed by atoms with Gasteiger partial charge in [0.05, 0.1) is 4.90 Å². The van der Waals surface area contributed by atoms with E-state index in [-0.39, 0.29) is 22.7 Å². The quantitative estimate of drug-likeness (QED) is 0.771. The summed E-state index contributed by atoms with van der Waals surface area (Å²) in [5.41, 5.74) is 1.30. The van der Waals surface area contributed by atoms with Crippen LogP contribution in [-0.2, 0) is 16.6 Å². The standard InChI is InChI=1S/C22H27FN2O3S/c1-15-5-12-19(29(27,28)24-22(2,3)4)13-20(15)21(26)25(18-10-11-18)14-16-6-8-17(23)9-7-16/h5-9,12-13,18,24H,10-11,14H2,1-4H3. The van der Waals surface area contributed by atoms with Crippen LogP contribution in [0.5, 0.6) is 0 Å². The second kappa shape index (κ2) is 7.88. The van der Waals surface area contributed by atoms with Crippen molar-refractivity contribution in [3.63, 3.8) is 0 Å². The summed E-state index contributed by atoms with van der Waals surface area (Å²) in [7, 11) is -3.75. The summed E-state index contributed by atoms with van der Waals surface area (Å²) in [4.78, 5) is 15.1. The molecule has 1 aliphatic rings. The van der Waals surface area contributed by atoms with E-state index < -0.39 is 15.6 Å². The number of aryl methyl sites for hydroxylation is 1. The fourth-order valence-electron chi connectivity index (χ4n) is 3.15. The Bertz CT molecular complexity index is 1010. The highest BCUT2D eigenvalue weighted by atomic mass is 32.2. The first-order valence-corrected chi connectivity index (χ1v) is 11.1. The Morgan fingerprint density at radius 2 is 1.76 bits per heavy atom. The average Bonchev–Trinajstić information content (AvgIpc) is 3.44. The molecule has 1 fully saturated rings. The number of nitrogens with one attached hydrogen (secondary N) is 1. The number of carbonyl (C=O) groups is 1. The van der Waals surface area contributed by atoms with Gasteiger partial charge in [0.15, 0.2) is 0 Å². The minimum Gasteiger partial charge on any atom is -0.331 e. The molecule has 1 amide bonds. The number of hydrogen-bond acceptors (Lipinski definition) is 3. The molecule has 1 saturated carbocycles. The highest BCUT2D eigenvalue weighted by Crippen LogP contribution is 2.31. The Morgan fingerprint density at radius 1 is 1.14 bits per heavy atom. The van der Waals surface area contributed by atoms with Gasteiger partial charge in [-0.1, -0.05) is 18.2 Å². The smallest absolute Gasteiger partial charge is 0.254 e. The molecule has 0 spiro atoms. The zero-order valence-corrected chi connectivity index (χ0v) is 18.0. The lowest BCUT2D eigenvalue weighted by Gasteiger charge is -2.24. The maximum Gasteiger partial charge on any atom is 0.254 e.